The largest absolute Gasteiger partial charge is 0.368 e. The van der Waals surface area contributed by atoms with Crippen LogP contribution in [0.2, 0.25) is 0 Å². The first-order chi connectivity index (χ1) is 9.72. The summed E-state index contributed by atoms with van der Waals surface area (Å²) in [6.45, 7) is 3.02. The van der Waals surface area contributed by atoms with Gasteiger partial charge < -0.3 is 9.80 Å². The van der Waals surface area contributed by atoms with Gasteiger partial charge >= 0.3 is 0 Å². The van der Waals surface area contributed by atoms with Crippen molar-refractivity contribution in [3.05, 3.63) is 54.2 Å². The van der Waals surface area contributed by atoms with Crippen LogP contribution in [0, 0.1) is 11.6 Å². The first-order valence-electron chi connectivity index (χ1n) is 6.59. The van der Waals surface area contributed by atoms with E-state index < -0.39 is 11.6 Å². The summed E-state index contributed by atoms with van der Waals surface area (Å²) in [7, 11) is 0. The molecule has 0 aliphatic carbocycles. The van der Waals surface area contributed by atoms with Crippen LogP contribution in [0.4, 0.5) is 20.3 Å². The van der Waals surface area contributed by atoms with Gasteiger partial charge in [0.25, 0.3) is 0 Å². The molecule has 2 aromatic rings. The third-order valence-electron chi connectivity index (χ3n) is 3.47. The van der Waals surface area contributed by atoms with Gasteiger partial charge in [-0.05, 0) is 24.3 Å². The summed E-state index contributed by atoms with van der Waals surface area (Å²) in [6, 6.07) is 9.45. The van der Waals surface area contributed by atoms with Crippen molar-refractivity contribution in [1.82, 2.24) is 4.98 Å². The molecule has 5 heteroatoms. The summed E-state index contributed by atoms with van der Waals surface area (Å²) in [6.07, 6.45) is 1.77. The average Bonchev–Trinajstić information content (AvgIpc) is 2.47. The highest BCUT2D eigenvalue weighted by atomic mass is 19.1. The topological polar surface area (TPSA) is 19.4 Å². The van der Waals surface area contributed by atoms with Crippen molar-refractivity contribution in [2.24, 2.45) is 0 Å². The Morgan fingerprint density at radius 3 is 2.10 bits per heavy atom. The summed E-state index contributed by atoms with van der Waals surface area (Å²) in [5, 5.41) is 0. The van der Waals surface area contributed by atoms with Crippen molar-refractivity contribution in [1.29, 1.82) is 0 Å². The molecule has 0 N–H and O–H groups in total. The van der Waals surface area contributed by atoms with E-state index in [1.54, 1.807) is 6.20 Å². The Kier molecular flexibility index (Phi) is 3.50. The van der Waals surface area contributed by atoms with Crippen LogP contribution in [0.15, 0.2) is 42.6 Å². The molecule has 1 aromatic carbocycles. The van der Waals surface area contributed by atoms with Gasteiger partial charge in [0.2, 0.25) is 0 Å². The van der Waals surface area contributed by atoms with E-state index in [1.807, 2.05) is 23.1 Å². The van der Waals surface area contributed by atoms with Gasteiger partial charge in [-0.1, -0.05) is 6.07 Å². The van der Waals surface area contributed by atoms with Crippen molar-refractivity contribution in [3.63, 3.8) is 0 Å². The fourth-order valence-corrected chi connectivity index (χ4v) is 2.46. The lowest BCUT2D eigenvalue weighted by molar-refractivity contribution is 0.578. The monoisotopic (exact) mass is 275 g/mol. The van der Waals surface area contributed by atoms with Crippen LogP contribution < -0.4 is 9.80 Å². The zero-order valence-corrected chi connectivity index (χ0v) is 11.0. The summed E-state index contributed by atoms with van der Waals surface area (Å²) in [5.74, 6) is -0.128. The second-order valence-electron chi connectivity index (χ2n) is 4.79. The molecule has 1 aliphatic heterocycles. The fourth-order valence-electron chi connectivity index (χ4n) is 2.46. The minimum Gasteiger partial charge on any atom is -0.368 e. The molecule has 1 aliphatic rings. The van der Waals surface area contributed by atoms with Crippen LogP contribution in [0.5, 0.6) is 0 Å². The molecule has 0 spiro atoms. The van der Waals surface area contributed by atoms with Gasteiger partial charge in [-0.15, -0.1) is 0 Å². The standard InChI is InChI=1S/C15H15F2N3/c16-12-9-13(17)11-14(10-12)19-5-7-20(8-6-19)15-3-1-2-4-18-15/h1-4,9-11H,5-8H2. The number of hydrogen-bond acceptors (Lipinski definition) is 3. The normalized spacial score (nSPS) is 15.5. The Bertz CT molecular complexity index is 561. The summed E-state index contributed by atoms with van der Waals surface area (Å²) in [4.78, 5) is 8.48. The molecule has 20 heavy (non-hydrogen) atoms. The number of hydrogen-bond donors (Lipinski definition) is 0. The number of nitrogens with zero attached hydrogens (tertiary/aromatic N) is 3. The lowest BCUT2D eigenvalue weighted by Crippen LogP contribution is -2.46. The maximum absolute atomic E-state index is 13.2. The number of benzene rings is 1. The molecule has 0 atom stereocenters. The number of anilines is 2. The molecule has 0 amide bonds. The van der Waals surface area contributed by atoms with E-state index >= 15 is 0 Å². The van der Waals surface area contributed by atoms with Gasteiger partial charge in [0.15, 0.2) is 0 Å². The highest BCUT2D eigenvalue weighted by molar-refractivity contribution is 5.49. The molecule has 3 nitrogen and oxygen atoms in total. The Hall–Kier alpha value is -2.17. The van der Waals surface area contributed by atoms with E-state index in [-0.39, 0.29) is 0 Å². The van der Waals surface area contributed by atoms with Crippen molar-refractivity contribution in [2.45, 2.75) is 0 Å². The van der Waals surface area contributed by atoms with Crippen molar-refractivity contribution in [2.75, 3.05) is 36.0 Å². The molecule has 104 valence electrons. The quantitative estimate of drug-likeness (QED) is 0.840. The molecule has 0 unspecified atom stereocenters. The summed E-state index contributed by atoms with van der Waals surface area (Å²) < 4.78 is 26.5. The van der Waals surface area contributed by atoms with Gasteiger partial charge in [-0.3, -0.25) is 0 Å². The smallest absolute Gasteiger partial charge is 0.128 e. The van der Waals surface area contributed by atoms with Crippen LogP contribution in [0.3, 0.4) is 0 Å². The second-order valence-corrected chi connectivity index (χ2v) is 4.79. The van der Waals surface area contributed by atoms with Crippen LogP contribution in [-0.4, -0.2) is 31.2 Å². The van der Waals surface area contributed by atoms with Crippen molar-refractivity contribution in [3.8, 4) is 0 Å². The Labute approximate surface area is 116 Å². The predicted molar refractivity (Wildman–Crippen MR) is 75.0 cm³/mol. The average molecular weight is 275 g/mol. The van der Waals surface area contributed by atoms with Gasteiger partial charge in [0.1, 0.15) is 17.5 Å². The predicted octanol–water partition coefficient (Wildman–Crippen LogP) is 2.69. The zero-order valence-electron chi connectivity index (χ0n) is 11.0. The van der Waals surface area contributed by atoms with E-state index in [2.05, 4.69) is 9.88 Å². The van der Waals surface area contributed by atoms with E-state index in [0.29, 0.717) is 5.69 Å². The van der Waals surface area contributed by atoms with Gasteiger partial charge in [0, 0.05) is 44.1 Å². The summed E-state index contributed by atoms with van der Waals surface area (Å²) >= 11 is 0. The van der Waals surface area contributed by atoms with E-state index in [1.165, 1.54) is 12.1 Å². The molecular weight excluding hydrogens is 260 g/mol. The Morgan fingerprint density at radius 1 is 0.850 bits per heavy atom. The Morgan fingerprint density at radius 2 is 1.50 bits per heavy atom. The van der Waals surface area contributed by atoms with Crippen LogP contribution in [0.1, 0.15) is 0 Å². The first-order valence-corrected chi connectivity index (χ1v) is 6.59. The molecule has 0 radical (unpaired) electrons. The van der Waals surface area contributed by atoms with Crippen LogP contribution >= 0.6 is 0 Å². The molecule has 0 bridgehead atoms. The Balaban J connectivity index is 1.69. The minimum atomic E-state index is -0.535. The molecule has 3 rings (SSSR count). The van der Waals surface area contributed by atoms with E-state index in [0.717, 1.165) is 38.1 Å². The molecule has 0 saturated carbocycles. The maximum Gasteiger partial charge on any atom is 0.128 e. The number of piperazine rings is 1. The van der Waals surface area contributed by atoms with E-state index in [4.69, 9.17) is 0 Å². The van der Waals surface area contributed by atoms with Crippen LogP contribution in [-0.2, 0) is 0 Å². The molecule has 1 saturated heterocycles. The third-order valence-corrected chi connectivity index (χ3v) is 3.47. The zero-order chi connectivity index (χ0) is 13.9. The number of rotatable bonds is 2. The molecule has 1 aromatic heterocycles. The van der Waals surface area contributed by atoms with Crippen molar-refractivity contribution < 1.29 is 8.78 Å². The van der Waals surface area contributed by atoms with Gasteiger partial charge in [0.05, 0.1) is 0 Å². The van der Waals surface area contributed by atoms with Crippen molar-refractivity contribution >= 4 is 11.5 Å². The molecule has 1 fully saturated rings. The lowest BCUT2D eigenvalue weighted by atomic mass is 10.2. The first kappa shape index (κ1) is 12.8. The van der Waals surface area contributed by atoms with Gasteiger partial charge in [-0.2, -0.15) is 0 Å². The minimum absolute atomic E-state index is 0.535. The number of pyridine rings is 1. The molecular formula is C15H15F2N3. The number of halogens is 2. The fraction of sp³-hybridized carbons (Fsp3) is 0.267. The van der Waals surface area contributed by atoms with Crippen LogP contribution in [0.25, 0.3) is 0 Å². The second kappa shape index (κ2) is 5.45. The lowest BCUT2D eigenvalue weighted by Gasteiger charge is -2.36. The SMILES string of the molecule is Fc1cc(F)cc(N2CCN(c3ccccn3)CC2)c1. The highest BCUT2D eigenvalue weighted by Crippen LogP contribution is 2.21. The van der Waals surface area contributed by atoms with E-state index in [9.17, 15) is 8.78 Å². The number of aromatic nitrogens is 1. The summed E-state index contributed by atoms with van der Waals surface area (Å²) in [5.41, 5.74) is 0.600. The highest BCUT2D eigenvalue weighted by Gasteiger charge is 2.18. The van der Waals surface area contributed by atoms with Gasteiger partial charge in [-0.25, -0.2) is 13.8 Å². The molecule has 2 heterocycles. The maximum atomic E-state index is 13.2. The third kappa shape index (κ3) is 2.71.